The van der Waals surface area contributed by atoms with Crippen LogP contribution in [0.2, 0.25) is 0 Å². The molecule has 2 aromatic carbocycles. The number of ether oxygens (including phenoxy) is 1. The van der Waals surface area contributed by atoms with Crippen molar-refractivity contribution in [1.29, 1.82) is 5.26 Å². The molecule has 3 rings (SSSR count). The fourth-order valence-electron chi connectivity index (χ4n) is 2.59. The van der Waals surface area contributed by atoms with Crippen LogP contribution in [0.25, 0.3) is 0 Å². The van der Waals surface area contributed by atoms with Crippen LogP contribution in [0.5, 0.6) is 11.5 Å². The van der Waals surface area contributed by atoms with E-state index in [0.717, 1.165) is 18.4 Å². The van der Waals surface area contributed by atoms with Crippen LogP contribution in [0.1, 0.15) is 24.0 Å². The molecule has 0 amide bonds. The van der Waals surface area contributed by atoms with E-state index >= 15 is 0 Å². The molecular formula is C19H19NO5S. The van der Waals surface area contributed by atoms with Crippen molar-refractivity contribution in [2.24, 2.45) is 5.92 Å². The van der Waals surface area contributed by atoms with Crippen LogP contribution in [0.15, 0.2) is 47.4 Å². The number of nitriles is 1. The summed E-state index contributed by atoms with van der Waals surface area (Å²) in [6.07, 6.45) is 1.48. The first-order valence-electron chi connectivity index (χ1n) is 8.25. The van der Waals surface area contributed by atoms with E-state index < -0.39 is 16.2 Å². The SMILES string of the molecule is Cc1cc(OCC(O)C2CC2)cc(OS(=O)(=O)c2ccccc2C#N)c1. The van der Waals surface area contributed by atoms with Crippen molar-refractivity contribution in [2.45, 2.75) is 30.8 Å². The Hall–Kier alpha value is -2.56. The predicted molar refractivity (Wildman–Crippen MR) is 94.4 cm³/mol. The van der Waals surface area contributed by atoms with Gasteiger partial charge < -0.3 is 14.0 Å². The fraction of sp³-hybridized carbons (Fsp3) is 0.316. The zero-order valence-corrected chi connectivity index (χ0v) is 15.1. The molecule has 7 heteroatoms. The van der Waals surface area contributed by atoms with Gasteiger partial charge in [-0.1, -0.05) is 12.1 Å². The molecule has 0 bridgehead atoms. The van der Waals surface area contributed by atoms with Crippen LogP contribution in [-0.2, 0) is 10.1 Å². The summed E-state index contributed by atoms with van der Waals surface area (Å²) in [5.41, 5.74) is 0.770. The van der Waals surface area contributed by atoms with Gasteiger partial charge in [-0.3, -0.25) is 0 Å². The quantitative estimate of drug-likeness (QED) is 0.750. The Balaban J connectivity index is 1.79. The van der Waals surface area contributed by atoms with E-state index in [0.29, 0.717) is 11.7 Å². The molecule has 1 aliphatic rings. The third kappa shape index (κ3) is 4.34. The van der Waals surface area contributed by atoms with Gasteiger partial charge in [-0.05, 0) is 55.5 Å². The lowest BCUT2D eigenvalue weighted by atomic mass is 10.2. The van der Waals surface area contributed by atoms with Gasteiger partial charge in [0.05, 0.1) is 11.7 Å². The molecule has 26 heavy (non-hydrogen) atoms. The van der Waals surface area contributed by atoms with Crippen molar-refractivity contribution in [3.05, 3.63) is 53.6 Å². The highest BCUT2D eigenvalue weighted by molar-refractivity contribution is 7.87. The van der Waals surface area contributed by atoms with E-state index in [2.05, 4.69) is 0 Å². The average molecular weight is 373 g/mol. The second-order valence-corrected chi connectivity index (χ2v) is 7.86. The summed E-state index contributed by atoms with van der Waals surface area (Å²) < 4.78 is 35.8. The Labute approximate surface area is 152 Å². The zero-order valence-electron chi connectivity index (χ0n) is 14.3. The van der Waals surface area contributed by atoms with Crippen LogP contribution >= 0.6 is 0 Å². The molecule has 0 aromatic heterocycles. The molecule has 136 valence electrons. The number of aliphatic hydroxyl groups is 1. The Bertz CT molecular complexity index is 945. The first kappa shape index (κ1) is 18.2. The van der Waals surface area contributed by atoms with Gasteiger partial charge in [0.15, 0.2) is 0 Å². The molecule has 1 N–H and O–H groups in total. The number of benzene rings is 2. The van der Waals surface area contributed by atoms with Crippen molar-refractivity contribution >= 4 is 10.1 Å². The monoisotopic (exact) mass is 373 g/mol. The lowest BCUT2D eigenvalue weighted by Crippen LogP contribution is -2.19. The minimum atomic E-state index is -4.15. The van der Waals surface area contributed by atoms with Crippen LogP contribution in [0, 0.1) is 24.2 Å². The van der Waals surface area contributed by atoms with Crippen molar-refractivity contribution < 1.29 is 22.4 Å². The maximum Gasteiger partial charge on any atom is 0.340 e. The molecule has 6 nitrogen and oxygen atoms in total. The minimum Gasteiger partial charge on any atom is -0.491 e. The fourth-order valence-corrected chi connectivity index (χ4v) is 3.66. The topological polar surface area (TPSA) is 96.6 Å². The zero-order chi connectivity index (χ0) is 18.7. The molecule has 0 saturated heterocycles. The van der Waals surface area contributed by atoms with E-state index in [9.17, 15) is 13.5 Å². The molecule has 2 aromatic rings. The van der Waals surface area contributed by atoms with Gasteiger partial charge >= 0.3 is 10.1 Å². The minimum absolute atomic E-state index is 0.0178. The number of aliphatic hydroxyl groups excluding tert-OH is 1. The molecule has 1 aliphatic carbocycles. The Kier molecular flexibility index (Phi) is 5.16. The van der Waals surface area contributed by atoms with Crippen molar-refractivity contribution in [2.75, 3.05) is 6.61 Å². The molecule has 1 atom stereocenters. The lowest BCUT2D eigenvalue weighted by Gasteiger charge is -2.14. The summed E-state index contributed by atoms with van der Waals surface area (Å²) in [5, 5.41) is 19.0. The second-order valence-electron chi connectivity index (χ2n) is 6.34. The van der Waals surface area contributed by atoms with E-state index in [1.807, 2.05) is 6.07 Å². The van der Waals surface area contributed by atoms with E-state index in [-0.39, 0.29) is 22.8 Å². The number of hydrogen-bond acceptors (Lipinski definition) is 6. The molecule has 0 radical (unpaired) electrons. The van der Waals surface area contributed by atoms with Crippen molar-refractivity contribution in [3.8, 4) is 17.6 Å². The van der Waals surface area contributed by atoms with Crippen LogP contribution in [0.4, 0.5) is 0 Å². The van der Waals surface area contributed by atoms with E-state index in [4.69, 9.17) is 14.2 Å². The van der Waals surface area contributed by atoms with Gasteiger partial charge in [-0.15, -0.1) is 0 Å². The van der Waals surface area contributed by atoms with Crippen molar-refractivity contribution in [3.63, 3.8) is 0 Å². The second kappa shape index (κ2) is 7.36. The summed E-state index contributed by atoms with van der Waals surface area (Å²) in [4.78, 5) is -0.185. The maximum absolute atomic E-state index is 12.5. The highest BCUT2D eigenvalue weighted by Crippen LogP contribution is 2.33. The van der Waals surface area contributed by atoms with E-state index in [1.165, 1.54) is 24.3 Å². The number of nitrogens with zero attached hydrogens (tertiary/aromatic N) is 1. The maximum atomic E-state index is 12.5. The van der Waals surface area contributed by atoms with Crippen LogP contribution in [-0.4, -0.2) is 26.2 Å². The summed E-state index contributed by atoms with van der Waals surface area (Å²) >= 11 is 0. The van der Waals surface area contributed by atoms with Gasteiger partial charge in [0.25, 0.3) is 0 Å². The standard InChI is InChI=1S/C19H19NO5S/c1-13-8-16(24-12-18(21)14-6-7-14)10-17(9-13)25-26(22,23)19-5-3-2-4-15(19)11-20/h2-5,8-10,14,18,21H,6-7,12H2,1H3. The summed E-state index contributed by atoms with van der Waals surface area (Å²) in [6.45, 7) is 1.93. The first-order valence-corrected chi connectivity index (χ1v) is 9.66. The number of aryl methyl sites for hydroxylation is 1. The average Bonchev–Trinajstić information content (AvgIpc) is 3.44. The Morgan fingerprint density at radius 3 is 2.62 bits per heavy atom. The normalized spacial score (nSPS) is 15.1. The predicted octanol–water partition coefficient (Wildman–Crippen LogP) is 2.78. The van der Waals surface area contributed by atoms with E-state index in [1.54, 1.807) is 25.1 Å². The van der Waals surface area contributed by atoms with Crippen LogP contribution < -0.4 is 8.92 Å². The third-order valence-electron chi connectivity index (χ3n) is 4.09. The number of hydrogen-bond donors (Lipinski definition) is 1. The lowest BCUT2D eigenvalue weighted by molar-refractivity contribution is 0.0893. The van der Waals surface area contributed by atoms with Gasteiger partial charge in [0.1, 0.15) is 29.1 Å². The molecule has 0 heterocycles. The highest BCUT2D eigenvalue weighted by atomic mass is 32.2. The Morgan fingerprint density at radius 2 is 1.92 bits per heavy atom. The van der Waals surface area contributed by atoms with Crippen molar-refractivity contribution in [1.82, 2.24) is 0 Å². The molecule has 1 saturated carbocycles. The molecular weight excluding hydrogens is 354 g/mol. The largest absolute Gasteiger partial charge is 0.491 e. The molecule has 0 aliphatic heterocycles. The Morgan fingerprint density at radius 1 is 1.23 bits per heavy atom. The summed E-state index contributed by atoms with van der Waals surface area (Å²) in [6, 6.07) is 12.5. The van der Waals surface area contributed by atoms with Gasteiger partial charge in [0, 0.05) is 6.07 Å². The van der Waals surface area contributed by atoms with Crippen LogP contribution in [0.3, 0.4) is 0 Å². The van der Waals surface area contributed by atoms with Gasteiger partial charge in [0.2, 0.25) is 0 Å². The summed E-state index contributed by atoms with van der Waals surface area (Å²) in [7, 11) is -4.15. The molecule has 1 unspecified atom stereocenters. The number of rotatable bonds is 7. The van der Waals surface area contributed by atoms with Gasteiger partial charge in [-0.25, -0.2) is 0 Å². The first-order chi connectivity index (χ1) is 12.4. The molecule has 1 fully saturated rings. The smallest absolute Gasteiger partial charge is 0.340 e. The molecule has 0 spiro atoms. The van der Waals surface area contributed by atoms with Gasteiger partial charge in [-0.2, -0.15) is 13.7 Å². The highest BCUT2D eigenvalue weighted by Gasteiger charge is 2.30. The third-order valence-corrected chi connectivity index (χ3v) is 5.40. The summed E-state index contributed by atoms with van der Waals surface area (Å²) in [5.74, 6) is 0.801.